The number of hydrogen-bond donors (Lipinski definition) is 1. The lowest BCUT2D eigenvalue weighted by atomic mass is 10.2. The molecular weight excluding hydrogens is 533 g/mol. The van der Waals surface area contributed by atoms with Crippen LogP contribution in [0.2, 0.25) is 0 Å². The van der Waals surface area contributed by atoms with E-state index in [1.54, 1.807) is 24.3 Å². The van der Waals surface area contributed by atoms with E-state index in [0.717, 1.165) is 5.56 Å². The monoisotopic (exact) mass is 543 g/mol. The number of aliphatic carboxylic acids is 1. The van der Waals surface area contributed by atoms with Gasteiger partial charge in [0, 0.05) is 0 Å². The average molecular weight is 545 g/mol. The predicted octanol–water partition coefficient (Wildman–Crippen LogP) is 5.05. The van der Waals surface area contributed by atoms with Crippen molar-refractivity contribution in [1.82, 2.24) is 4.90 Å². The third kappa shape index (κ3) is 5.26. The summed E-state index contributed by atoms with van der Waals surface area (Å²) in [7, 11) is 0. The summed E-state index contributed by atoms with van der Waals surface area (Å²) in [6.07, 6.45) is 1.51. The van der Waals surface area contributed by atoms with Gasteiger partial charge in [-0.05, 0) is 85.1 Å². The van der Waals surface area contributed by atoms with E-state index in [1.165, 1.54) is 18.2 Å². The van der Waals surface area contributed by atoms with E-state index in [1.807, 2.05) is 0 Å². The van der Waals surface area contributed by atoms with Crippen molar-refractivity contribution in [2.75, 3.05) is 6.54 Å². The molecule has 1 N–H and O–H groups in total. The van der Waals surface area contributed by atoms with E-state index < -0.39 is 23.7 Å². The van der Waals surface area contributed by atoms with Crippen molar-refractivity contribution >= 4 is 66.8 Å². The standard InChI is InChI=1S/C19H12Br2FNO5S/c20-13-5-11(7-15-18(26)23(8-16(24)25)19(27)29-15)6-14(21)17(13)28-9-10-1-3-12(22)4-2-10/h1-7H,8-9H2,(H,24,25)/b15-7+. The molecule has 0 bridgehead atoms. The van der Waals surface area contributed by atoms with Crippen molar-refractivity contribution in [3.8, 4) is 5.75 Å². The predicted molar refractivity (Wildman–Crippen MR) is 113 cm³/mol. The van der Waals surface area contributed by atoms with E-state index in [9.17, 15) is 18.8 Å². The Morgan fingerprint density at radius 3 is 2.38 bits per heavy atom. The minimum absolute atomic E-state index is 0.134. The molecule has 0 spiro atoms. The highest BCUT2D eigenvalue weighted by Gasteiger charge is 2.36. The second-order valence-corrected chi connectivity index (χ2v) is 8.59. The van der Waals surface area contributed by atoms with Crippen LogP contribution in [0.4, 0.5) is 9.18 Å². The van der Waals surface area contributed by atoms with Crippen LogP contribution >= 0.6 is 43.6 Å². The summed E-state index contributed by atoms with van der Waals surface area (Å²) >= 11 is 7.51. The number of thioether (sulfide) groups is 1. The zero-order valence-corrected chi connectivity index (χ0v) is 18.5. The number of rotatable bonds is 6. The van der Waals surface area contributed by atoms with Gasteiger partial charge in [0.25, 0.3) is 11.1 Å². The molecule has 0 atom stereocenters. The van der Waals surface area contributed by atoms with Gasteiger partial charge in [-0.15, -0.1) is 0 Å². The number of carboxylic acid groups (broad SMARTS) is 1. The minimum atomic E-state index is -1.26. The number of carboxylic acids is 1. The third-order valence-electron chi connectivity index (χ3n) is 3.78. The number of ether oxygens (including phenoxy) is 1. The number of imide groups is 1. The SMILES string of the molecule is O=C(O)CN1C(=O)S/C(=C/c2cc(Br)c(OCc3ccc(F)cc3)c(Br)c2)C1=O. The summed E-state index contributed by atoms with van der Waals surface area (Å²) in [5.41, 5.74) is 1.40. The van der Waals surface area contributed by atoms with Crippen LogP contribution in [0, 0.1) is 5.82 Å². The van der Waals surface area contributed by atoms with Gasteiger partial charge < -0.3 is 9.84 Å². The van der Waals surface area contributed by atoms with Crippen LogP contribution in [0.5, 0.6) is 5.75 Å². The quantitative estimate of drug-likeness (QED) is 0.512. The summed E-state index contributed by atoms with van der Waals surface area (Å²) in [5.74, 6) is -1.72. The molecule has 0 aromatic heterocycles. The van der Waals surface area contributed by atoms with Gasteiger partial charge in [0.1, 0.15) is 24.7 Å². The van der Waals surface area contributed by atoms with Crippen molar-refractivity contribution < 1.29 is 28.6 Å². The van der Waals surface area contributed by atoms with Gasteiger partial charge >= 0.3 is 5.97 Å². The van der Waals surface area contributed by atoms with Gasteiger partial charge in [-0.2, -0.15) is 0 Å². The number of carbonyl (C=O) groups is 3. The topological polar surface area (TPSA) is 83.9 Å². The Bertz CT molecular complexity index is 1000. The highest BCUT2D eigenvalue weighted by molar-refractivity contribution is 9.11. The molecule has 0 aliphatic carbocycles. The molecule has 1 heterocycles. The van der Waals surface area contributed by atoms with Gasteiger partial charge in [0.15, 0.2) is 0 Å². The fraction of sp³-hybridized carbons (Fsp3) is 0.105. The third-order valence-corrected chi connectivity index (χ3v) is 5.87. The molecule has 1 fully saturated rings. The number of amides is 2. The maximum Gasteiger partial charge on any atom is 0.323 e. The fourth-order valence-electron chi connectivity index (χ4n) is 2.46. The van der Waals surface area contributed by atoms with Crippen molar-refractivity contribution in [2.45, 2.75) is 6.61 Å². The summed E-state index contributed by atoms with van der Waals surface area (Å²) in [4.78, 5) is 35.7. The summed E-state index contributed by atoms with van der Waals surface area (Å²) in [6.45, 7) is -0.448. The Labute approximate surface area is 186 Å². The normalized spacial score (nSPS) is 15.3. The second kappa shape index (κ2) is 9.10. The van der Waals surface area contributed by atoms with Crippen molar-refractivity contribution in [2.24, 2.45) is 0 Å². The smallest absolute Gasteiger partial charge is 0.323 e. The van der Waals surface area contributed by atoms with Crippen LogP contribution in [0.3, 0.4) is 0 Å². The van der Waals surface area contributed by atoms with Crippen LogP contribution in [0.1, 0.15) is 11.1 Å². The number of nitrogens with zero attached hydrogens (tertiary/aromatic N) is 1. The Hall–Kier alpha value is -2.17. The molecule has 1 aliphatic rings. The fourth-order valence-corrected chi connectivity index (χ4v) is 4.75. The van der Waals surface area contributed by atoms with Gasteiger partial charge in [-0.25, -0.2) is 4.39 Å². The molecule has 6 nitrogen and oxygen atoms in total. The van der Waals surface area contributed by atoms with Crippen molar-refractivity contribution in [3.05, 3.63) is 67.2 Å². The minimum Gasteiger partial charge on any atom is -0.487 e. The van der Waals surface area contributed by atoms with E-state index in [4.69, 9.17) is 9.84 Å². The highest BCUT2D eigenvalue weighted by Crippen LogP contribution is 2.38. The lowest BCUT2D eigenvalue weighted by Gasteiger charge is -2.12. The average Bonchev–Trinajstić information content (AvgIpc) is 2.89. The van der Waals surface area contributed by atoms with Gasteiger partial charge in [0.05, 0.1) is 13.9 Å². The van der Waals surface area contributed by atoms with Gasteiger partial charge in [-0.1, -0.05) is 12.1 Å². The number of hydrogen-bond acceptors (Lipinski definition) is 5. The first-order valence-electron chi connectivity index (χ1n) is 8.08. The van der Waals surface area contributed by atoms with Crippen LogP contribution < -0.4 is 4.74 Å². The summed E-state index contributed by atoms with van der Waals surface area (Å²) < 4.78 is 20.0. The Kier molecular flexibility index (Phi) is 6.76. The zero-order valence-electron chi connectivity index (χ0n) is 14.5. The molecule has 2 aromatic carbocycles. The molecule has 150 valence electrons. The molecule has 3 rings (SSSR count). The molecule has 1 aliphatic heterocycles. The molecule has 1 saturated heterocycles. The molecule has 0 saturated carbocycles. The Morgan fingerprint density at radius 1 is 1.17 bits per heavy atom. The van der Waals surface area contributed by atoms with Crippen LogP contribution in [0.15, 0.2) is 50.2 Å². The maximum atomic E-state index is 13.0. The van der Waals surface area contributed by atoms with E-state index in [2.05, 4.69) is 31.9 Å². The van der Waals surface area contributed by atoms with E-state index >= 15 is 0 Å². The molecule has 2 amide bonds. The summed E-state index contributed by atoms with van der Waals surface area (Å²) in [6, 6.07) is 9.36. The molecule has 0 unspecified atom stereocenters. The zero-order chi connectivity index (χ0) is 21.1. The number of halogens is 3. The lowest BCUT2D eigenvalue weighted by molar-refractivity contribution is -0.140. The second-order valence-electron chi connectivity index (χ2n) is 5.89. The Morgan fingerprint density at radius 2 is 1.79 bits per heavy atom. The van der Waals surface area contributed by atoms with Gasteiger partial charge in [-0.3, -0.25) is 19.3 Å². The van der Waals surface area contributed by atoms with Crippen molar-refractivity contribution in [3.63, 3.8) is 0 Å². The van der Waals surface area contributed by atoms with Crippen molar-refractivity contribution in [1.29, 1.82) is 0 Å². The van der Waals surface area contributed by atoms with E-state index in [-0.39, 0.29) is 17.3 Å². The Balaban J connectivity index is 1.77. The van der Waals surface area contributed by atoms with Gasteiger partial charge in [0.2, 0.25) is 0 Å². The maximum absolute atomic E-state index is 13.0. The molecule has 2 aromatic rings. The molecular formula is C19H12Br2FNO5S. The first-order chi connectivity index (χ1) is 13.7. The first-order valence-corrected chi connectivity index (χ1v) is 10.5. The van der Waals surface area contributed by atoms with Crippen LogP contribution in [-0.2, 0) is 16.2 Å². The number of carbonyl (C=O) groups excluding carboxylic acids is 2. The molecule has 10 heteroatoms. The van der Waals surface area contributed by atoms with Crippen LogP contribution in [-0.4, -0.2) is 33.7 Å². The lowest BCUT2D eigenvalue weighted by Crippen LogP contribution is -2.33. The van der Waals surface area contributed by atoms with Crippen LogP contribution in [0.25, 0.3) is 6.08 Å². The molecule has 29 heavy (non-hydrogen) atoms. The molecule has 0 radical (unpaired) electrons. The largest absolute Gasteiger partial charge is 0.487 e. The summed E-state index contributed by atoms with van der Waals surface area (Å²) in [5, 5.41) is 8.19. The number of benzene rings is 2. The van der Waals surface area contributed by atoms with E-state index in [0.29, 0.717) is 36.9 Å². The highest BCUT2D eigenvalue weighted by atomic mass is 79.9. The first kappa shape index (κ1) is 21.5.